The van der Waals surface area contributed by atoms with Crippen LogP contribution in [-0.2, 0) is 14.6 Å². The molecule has 30 heavy (non-hydrogen) atoms. The molecule has 7 heteroatoms. The molecular weight excluding hydrogens is 402 g/mol. The SMILES string of the molecule is COc1ccc2ccc(OC(=O)C(c3ccccc3)N3CCS(=O)(=O)CC3)cc2c1. The smallest absolute Gasteiger partial charge is 0.333 e. The fourth-order valence-corrected chi connectivity index (χ4v) is 4.91. The highest BCUT2D eigenvalue weighted by Gasteiger charge is 2.33. The van der Waals surface area contributed by atoms with Gasteiger partial charge in [0, 0.05) is 13.1 Å². The summed E-state index contributed by atoms with van der Waals surface area (Å²) in [6.45, 7) is 0.595. The molecule has 1 aliphatic rings. The van der Waals surface area contributed by atoms with E-state index in [0.29, 0.717) is 18.8 Å². The molecule has 156 valence electrons. The molecule has 6 nitrogen and oxygen atoms in total. The Hall–Kier alpha value is -2.90. The van der Waals surface area contributed by atoms with Crippen LogP contribution >= 0.6 is 0 Å². The fraction of sp³-hybridized carbons (Fsp3) is 0.261. The number of fused-ring (bicyclic) bond motifs is 1. The molecular formula is C23H23NO5S. The Bertz CT molecular complexity index is 1150. The van der Waals surface area contributed by atoms with E-state index in [1.807, 2.05) is 59.5 Å². The van der Waals surface area contributed by atoms with Crippen molar-refractivity contribution in [3.8, 4) is 11.5 Å². The van der Waals surface area contributed by atoms with Crippen molar-refractivity contribution >= 4 is 26.6 Å². The molecule has 3 aromatic rings. The van der Waals surface area contributed by atoms with E-state index >= 15 is 0 Å². The maximum Gasteiger partial charge on any atom is 0.333 e. The third-order valence-electron chi connectivity index (χ3n) is 5.32. The van der Waals surface area contributed by atoms with E-state index in [1.54, 1.807) is 19.2 Å². The highest BCUT2D eigenvalue weighted by atomic mass is 32.2. The lowest BCUT2D eigenvalue weighted by atomic mass is 10.1. The number of carbonyl (C=O) groups is 1. The quantitative estimate of drug-likeness (QED) is 0.462. The van der Waals surface area contributed by atoms with Gasteiger partial charge in [-0.15, -0.1) is 0 Å². The van der Waals surface area contributed by atoms with E-state index in [0.717, 1.165) is 22.1 Å². The predicted molar refractivity (Wildman–Crippen MR) is 116 cm³/mol. The Kier molecular flexibility index (Phi) is 5.74. The molecule has 0 bridgehead atoms. The molecule has 0 saturated carbocycles. The maximum absolute atomic E-state index is 13.2. The van der Waals surface area contributed by atoms with Crippen molar-refractivity contribution in [2.45, 2.75) is 6.04 Å². The number of carbonyl (C=O) groups excluding carboxylic acids is 1. The van der Waals surface area contributed by atoms with E-state index < -0.39 is 21.8 Å². The minimum absolute atomic E-state index is 0.0411. The number of ether oxygens (including phenoxy) is 2. The number of sulfone groups is 1. The molecule has 0 aliphatic carbocycles. The van der Waals surface area contributed by atoms with Crippen molar-refractivity contribution in [1.82, 2.24) is 4.90 Å². The van der Waals surface area contributed by atoms with Gasteiger partial charge in [0.05, 0.1) is 18.6 Å². The standard InChI is InChI=1S/C23H23NO5S/c1-28-20-9-7-17-8-10-21(16-19(17)15-20)29-23(25)22(18-5-3-2-4-6-18)24-11-13-30(26,27)14-12-24/h2-10,15-16,22H,11-14H2,1H3. The van der Waals surface area contributed by atoms with Crippen LogP contribution < -0.4 is 9.47 Å². The summed E-state index contributed by atoms with van der Waals surface area (Å²) in [5, 5.41) is 1.91. The molecule has 1 unspecified atom stereocenters. The Morgan fingerprint density at radius 3 is 2.20 bits per heavy atom. The summed E-state index contributed by atoms with van der Waals surface area (Å²) >= 11 is 0. The van der Waals surface area contributed by atoms with E-state index in [1.165, 1.54) is 0 Å². The number of hydrogen-bond acceptors (Lipinski definition) is 6. The van der Waals surface area contributed by atoms with Gasteiger partial charge >= 0.3 is 5.97 Å². The van der Waals surface area contributed by atoms with E-state index in [9.17, 15) is 13.2 Å². The Morgan fingerprint density at radius 1 is 0.900 bits per heavy atom. The second kappa shape index (κ2) is 8.45. The zero-order valence-corrected chi connectivity index (χ0v) is 17.5. The lowest BCUT2D eigenvalue weighted by molar-refractivity contribution is -0.140. The zero-order valence-electron chi connectivity index (χ0n) is 16.7. The number of hydrogen-bond donors (Lipinski definition) is 0. The number of nitrogens with zero attached hydrogens (tertiary/aromatic N) is 1. The van der Waals surface area contributed by atoms with Crippen molar-refractivity contribution in [2.24, 2.45) is 0 Å². The van der Waals surface area contributed by atoms with Crippen LogP contribution in [-0.4, -0.2) is 51.0 Å². The molecule has 0 N–H and O–H groups in total. The van der Waals surface area contributed by atoms with Crippen LogP contribution in [0.1, 0.15) is 11.6 Å². The molecule has 0 aromatic heterocycles. The first-order valence-corrected chi connectivity index (χ1v) is 11.6. The van der Waals surface area contributed by atoms with Crippen LogP contribution in [0, 0.1) is 0 Å². The van der Waals surface area contributed by atoms with Crippen LogP contribution in [0.3, 0.4) is 0 Å². The van der Waals surface area contributed by atoms with E-state index in [2.05, 4.69) is 0 Å². The van der Waals surface area contributed by atoms with Gasteiger partial charge < -0.3 is 9.47 Å². The molecule has 0 radical (unpaired) electrons. The molecule has 3 aromatic carbocycles. The summed E-state index contributed by atoms with van der Waals surface area (Å²) in [7, 11) is -1.45. The molecule has 1 heterocycles. The van der Waals surface area contributed by atoms with Crippen LogP contribution in [0.15, 0.2) is 66.7 Å². The lowest BCUT2D eigenvalue weighted by Crippen LogP contribution is -2.45. The molecule has 1 fully saturated rings. The van der Waals surface area contributed by atoms with Gasteiger partial charge in [-0.1, -0.05) is 42.5 Å². The Labute approximate surface area is 175 Å². The van der Waals surface area contributed by atoms with Gasteiger partial charge in [0.1, 0.15) is 17.5 Å². The third-order valence-corrected chi connectivity index (χ3v) is 6.93. The third kappa shape index (κ3) is 4.47. The minimum atomic E-state index is -3.05. The number of esters is 1. The van der Waals surface area contributed by atoms with Crippen molar-refractivity contribution in [2.75, 3.05) is 31.7 Å². The van der Waals surface area contributed by atoms with Crippen LogP contribution in [0.4, 0.5) is 0 Å². The maximum atomic E-state index is 13.2. The Morgan fingerprint density at radius 2 is 1.53 bits per heavy atom. The molecule has 4 rings (SSSR count). The lowest BCUT2D eigenvalue weighted by Gasteiger charge is -2.33. The molecule has 0 spiro atoms. The summed E-state index contributed by atoms with van der Waals surface area (Å²) < 4.78 is 34.7. The van der Waals surface area contributed by atoms with Gasteiger partial charge in [0.15, 0.2) is 9.84 Å². The average Bonchev–Trinajstić information content (AvgIpc) is 2.75. The van der Waals surface area contributed by atoms with Gasteiger partial charge in [-0.05, 0) is 40.6 Å². The highest BCUT2D eigenvalue weighted by Crippen LogP contribution is 2.28. The number of benzene rings is 3. The number of rotatable bonds is 5. The van der Waals surface area contributed by atoms with E-state index in [-0.39, 0.29) is 11.5 Å². The summed E-state index contributed by atoms with van der Waals surface area (Å²) in [4.78, 5) is 15.1. The monoisotopic (exact) mass is 425 g/mol. The van der Waals surface area contributed by atoms with E-state index in [4.69, 9.17) is 9.47 Å². The molecule has 1 saturated heterocycles. The van der Waals surface area contributed by atoms with Crippen LogP contribution in [0.5, 0.6) is 11.5 Å². The average molecular weight is 426 g/mol. The summed E-state index contributed by atoms with van der Waals surface area (Å²) in [5.74, 6) is 0.815. The first-order chi connectivity index (χ1) is 14.4. The van der Waals surface area contributed by atoms with Crippen LogP contribution in [0.2, 0.25) is 0 Å². The van der Waals surface area contributed by atoms with Gasteiger partial charge in [-0.3, -0.25) is 4.90 Å². The molecule has 0 amide bonds. The second-order valence-electron chi connectivity index (χ2n) is 7.30. The summed E-state index contributed by atoms with van der Waals surface area (Å²) in [5.41, 5.74) is 0.782. The molecule has 1 aliphatic heterocycles. The number of methoxy groups -OCH3 is 1. The van der Waals surface area contributed by atoms with Gasteiger partial charge in [0.25, 0.3) is 0 Å². The predicted octanol–water partition coefficient (Wildman–Crippen LogP) is 3.23. The van der Waals surface area contributed by atoms with Gasteiger partial charge in [-0.2, -0.15) is 0 Å². The van der Waals surface area contributed by atoms with Gasteiger partial charge in [-0.25, -0.2) is 13.2 Å². The molecule has 1 atom stereocenters. The summed E-state index contributed by atoms with van der Waals surface area (Å²) in [6, 6.07) is 19.8. The normalized spacial score (nSPS) is 17.4. The zero-order chi connectivity index (χ0) is 21.1. The highest BCUT2D eigenvalue weighted by molar-refractivity contribution is 7.91. The second-order valence-corrected chi connectivity index (χ2v) is 9.60. The topological polar surface area (TPSA) is 72.9 Å². The van der Waals surface area contributed by atoms with Crippen molar-refractivity contribution in [3.63, 3.8) is 0 Å². The minimum Gasteiger partial charge on any atom is -0.497 e. The van der Waals surface area contributed by atoms with Crippen LogP contribution in [0.25, 0.3) is 10.8 Å². The van der Waals surface area contributed by atoms with Gasteiger partial charge in [0.2, 0.25) is 0 Å². The largest absolute Gasteiger partial charge is 0.497 e. The first kappa shape index (κ1) is 20.4. The van der Waals surface area contributed by atoms with Crippen molar-refractivity contribution in [1.29, 1.82) is 0 Å². The fourth-order valence-electron chi connectivity index (χ4n) is 3.68. The summed E-state index contributed by atoms with van der Waals surface area (Å²) in [6.07, 6.45) is 0. The Balaban J connectivity index is 1.61. The van der Waals surface area contributed by atoms with Crippen molar-refractivity contribution < 1.29 is 22.7 Å². The first-order valence-electron chi connectivity index (χ1n) is 9.74. The van der Waals surface area contributed by atoms with Crippen molar-refractivity contribution in [3.05, 3.63) is 72.3 Å².